The summed E-state index contributed by atoms with van der Waals surface area (Å²) in [7, 11) is 1.32. The number of ether oxygens (including phenoxy) is 1. The second kappa shape index (κ2) is 9.94. The Hall–Kier alpha value is -2.90. The second-order valence-corrected chi connectivity index (χ2v) is 8.46. The van der Waals surface area contributed by atoms with E-state index in [1.54, 1.807) is 11.8 Å². The maximum atomic E-state index is 13.0. The minimum absolute atomic E-state index is 0.00989. The number of benzene rings is 1. The molecule has 0 aromatic heterocycles. The van der Waals surface area contributed by atoms with Crippen molar-refractivity contribution in [1.29, 1.82) is 0 Å². The zero-order chi connectivity index (χ0) is 22.4. The lowest BCUT2D eigenvalue weighted by molar-refractivity contribution is -0.146. The second-order valence-electron chi connectivity index (χ2n) is 8.46. The predicted molar refractivity (Wildman–Crippen MR) is 114 cm³/mol. The number of urea groups is 1. The average Bonchev–Trinajstić information content (AvgIpc) is 3.00. The normalized spacial score (nSPS) is 18.6. The van der Waals surface area contributed by atoms with Gasteiger partial charge in [0.05, 0.1) is 13.0 Å². The van der Waals surface area contributed by atoms with Crippen LogP contribution in [0, 0.1) is 5.92 Å². The van der Waals surface area contributed by atoms with Gasteiger partial charge < -0.3 is 15.0 Å². The Kier molecular flexibility index (Phi) is 7.30. The van der Waals surface area contributed by atoms with Crippen molar-refractivity contribution in [2.45, 2.75) is 57.5 Å². The van der Waals surface area contributed by atoms with Crippen molar-refractivity contribution < 1.29 is 23.9 Å². The van der Waals surface area contributed by atoms with Crippen LogP contribution in [0.5, 0.6) is 0 Å². The van der Waals surface area contributed by atoms with Gasteiger partial charge in [0, 0.05) is 26.1 Å². The fourth-order valence-electron chi connectivity index (χ4n) is 4.40. The number of nitrogens with one attached hydrogen (secondary N) is 1. The van der Waals surface area contributed by atoms with Crippen LogP contribution >= 0.6 is 0 Å². The van der Waals surface area contributed by atoms with Gasteiger partial charge in [0.15, 0.2) is 0 Å². The smallest absolute Gasteiger partial charge is 0.325 e. The van der Waals surface area contributed by atoms with Gasteiger partial charge in [0.2, 0.25) is 5.91 Å². The summed E-state index contributed by atoms with van der Waals surface area (Å²) in [5.41, 5.74) is 0.144. The molecule has 1 saturated carbocycles. The maximum absolute atomic E-state index is 13.0. The molecule has 1 unspecified atom stereocenters. The molecule has 0 bridgehead atoms. The van der Waals surface area contributed by atoms with Crippen LogP contribution in [-0.4, -0.2) is 59.4 Å². The highest BCUT2D eigenvalue weighted by atomic mass is 16.5. The molecule has 4 amide bonds. The minimum atomic E-state index is -0.790. The lowest BCUT2D eigenvalue weighted by Crippen LogP contribution is -2.48. The fraction of sp³-hybridized carbons (Fsp3) is 0.565. The summed E-state index contributed by atoms with van der Waals surface area (Å²) in [6, 6.07) is 9.07. The molecule has 168 valence electrons. The highest BCUT2D eigenvalue weighted by Crippen LogP contribution is 2.33. The van der Waals surface area contributed by atoms with Gasteiger partial charge in [-0.1, -0.05) is 56.5 Å². The number of esters is 1. The molecule has 1 saturated heterocycles. The van der Waals surface area contributed by atoms with Crippen molar-refractivity contribution in [3.05, 3.63) is 35.9 Å². The van der Waals surface area contributed by atoms with Gasteiger partial charge in [-0.25, -0.2) is 4.79 Å². The standard InChI is InChI=1S/C23H31N3O5/c1-17(20(28)31-2)15-25(16-18-9-5-3-6-10-18)19(27)11-14-26-21(29)23(24-22(26)30)12-7-4-8-13-23/h3,5-6,9-10,17H,4,7-8,11-16H2,1-2H3,(H,24,30). The van der Waals surface area contributed by atoms with E-state index in [1.165, 1.54) is 12.0 Å². The maximum Gasteiger partial charge on any atom is 0.325 e. The van der Waals surface area contributed by atoms with Gasteiger partial charge in [-0.3, -0.25) is 19.3 Å². The number of carbonyl (C=O) groups is 4. The number of amides is 4. The molecule has 31 heavy (non-hydrogen) atoms. The molecule has 1 atom stereocenters. The Bertz CT molecular complexity index is 820. The van der Waals surface area contributed by atoms with Crippen molar-refractivity contribution in [3.8, 4) is 0 Å². The zero-order valence-electron chi connectivity index (χ0n) is 18.3. The minimum Gasteiger partial charge on any atom is -0.469 e. The van der Waals surface area contributed by atoms with E-state index < -0.39 is 17.5 Å². The van der Waals surface area contributed by atoms with E-state index in [4.69, 9.17) is 4.74 Å². The third-order valence-electron chi connectivity index (χ3n) is 6.17. The van der Waals surface area contributed by atoms with Crippen LogP contribution in [0.4, 0.5) is 4.79 Å². The summed E-state index contributed by atoms with van der Waals surface area (Å²) >= 11 is 0. The zero-order valence-corrected chi connectivity index (χ0v) is 18.3. The van der Waals surface area contributed by atoms with Crippen molar-refractivity contribution in [2.75, 3.05) is 20.2 Å². The molecular formula is C23H31N3O5. The van der Waals surface area contributed by atoms with E-state index in [1.807, 2.05) is 30.3 Å². The predicted octanol–water partition coefficient (Wildman–Crippen LogP) is 2.47. The van der Waals surface area contributed by atoms with Gasteiger partial charge in [0.25, 0.3) is 5.91 Å². The third-order valence-corrected chi connectivity index (χ3v) is 6.17. The molecule has 1 aliphatic heterocycles. The van der Waals surface area contributed by atoms with Crippen molar-refractivity contribution in [1.82, 2.24) is 15.1 Å². The molecule has 1 aliphatic carbocycles. The summed E-state index contributed by atoms with van der Waals surface area (Å²) in [6.07, 6.45) is 4.20. The monoisotopic (exact) mass is 429 g/mol. The van der Waals surface area contributed by atoms with E-state index in [2.05, 4.69) is 5.32 Å². The first-order valence-corrected chi connectivity index (χ1v) is 10.9. The van der Waals surface area contributed by atoms with Crippen molar-refractivity contribution >= 4 is 23.8 Å². The highest BCUT2D eigenvalue weighted by Gasteiger charge is 2.51. The fourth-order valence-corrected chi connectivity index (χ4v) is 4.40. The number of hydrogen-bond acceptors (Lipinski definition) is 5. The van der Waals surface area contributed by atoms with Crippen LogP contribution in [0.3, 0.4) is 0 Å². The highest BCUT2D eigenvalue weighted by molar-refractivity contribution is 6.07. The molecule has 1 aromatic carbocycles. The molecule has 3 rings (SSSR count). The number of methoxy groups -OCH3 is 1. The van der Waals surface area contributed by atoms with Crippen LogP contribution in [-0.2, 0) is 25.7 Å². The Balaban J connectivity index is 1.65. The number of hydrogen-bond donors (Lipinski definition) is 1. The van der Waals surface area contributed by atoms with Gasteiger partial charge in [-0.15, -0.1) is 0 Å². The van der Waals surface area contributed by atoms with Crippen molar-refractivity contribution in [3.63, 3.8) is 0 Å². The van der Waals surface area contributed by atoms with E-state index >= 15 is 0 Å². The first-order valence-electron chi connectivity index (χ1n) is 10.9. The molecule has 0 radical (unpaired) electrons. The molecular weight excluding hydrogens is 398 g/mol. The van der Waals surface area contributed by atoms with Gasteiger partial charge in [0.1, 0.15) is 5.54 Å². The number of nitrogens with zero attached hydrogens (tertiary/aromatic N) is 2. The van der Waals surface area contributed by atoms with Gasteiger partial charge >= 0.3 is 12.0 Å². The molecule has 1 N–H and O–H groups in total. The third kappa shape index (κ3) is 5.24. The summed E-state index contributed by atoms with van der Waals surface area (Å²) in [5.74, 6) is -1.31. The molecule has 1 heterocycles. The van der Waals surface area contributed by atoms with Crippen LogP contribution in [0.15, 0.2) is 30.3 Å². The van der Waals surface area contributed by atoms with Crippen molar-refractivity contribution in [2.24, 2.45) is 5.92 Å². The van der Waals surface area contributed by atoms with Gasteiger partial charge in [-0.05, 0) is 18.4 Å². The lowest BCUT2D eigenvalue weighted by atomic mass is 9.82. The molecule has 2 fully saturated rings. The van der Waals surface area contributed by atoms with E-state index in [0.717, 1.165) is 24.8 Å². The van der Waals surface area contributed by atoms with Crippen LogP contribution in [0.25, 0.3) is 0 Å². The van der Waals surface area contributed by atoms with E-state index in [-0.39, 0.29) is 37.3 Å². The molecule has 1 spiro atoms. The molecule has 8 heteroatoms. The van der Waals surface area contributed by atoms with Gasteiger partial charge in [-0.2, -0.15) is 0 Å². The molecule has 2 aliphatic rings. The number of rotatable bonds is 8. The molecule has 8 nitrogen and oxygen atoms in total. The first-order chi connectivity index (χ1) is 14.9. The summed E-state index contributed by atoms with van der Waals surface area (Å²) in [4.78, 5) is 53.1. The topological polar surface area (TPSA) is 96.0 Å². The Morgan fingerprint density at radius 3 is 2.48 bits per heavy atom. The van der Waals surface area contributed by atoms with Crippen LogP contribution in [0.1, 0.15) is 51.0 Å². The number of carbonyl (C=O) groups excluding carboxylic acids is 4. The quantitative estimate of drug-likeness (QED) is 0.506. The largest absolute Gasteiger partial charge is 0.469 e. The van der Waals surface area contributed by atoms with E-state index in [0.29, 0.717) is 19.4 Å². The van der Waals surface area contributed by atoms with Crippen LogP contribution in [0.2, 0.25) is 0 Å². The Labute approximate surface area is 182 Å². The first kappa shape index (κ1) is 22.8. The SMILES string of the molecule is COC(=O)C(C)CN(Cc1ccccc1)C(=O)CCN1C(=O)NC2(CCCCC2)C1=O. The van der Waals surface area contributed by atoms with E-state index in [9.17, 15) is 19.2 Å². The Morgan fingerprint density at radius 1 is 1.16 bits per heavy atom. The summed E-state index contributed by atoms with van der Waals surface area (Å²) in [5, 5.41) is 2.87. The van der Waals surface area contributed by atoms with Crippen LogP contribution < -0.4 is 5.32 Å². The lowest BCUT2D eigenvalue weighted by Gasteiger charge is -2.30. The Morgan fingerprint density at radius 2 is 1.84 bits per heavy atom. The summed E-state index contributed by atoms with van der Waals surface area (Å²) in [6.45, 7) is 2.28. The average molecular weight is 430 g/mol. The molecule has 1 aromatic rings. The summed E-state index contributed by atoms with van der Waals surface area (Å²) < 4.78 is 4.79. The number of imide groups is 1.